The molecule has 1 amide bonds. The van der Waals surface area contributed by atoms with Crippen LogP contribution in [0.4, 0.5) is 0 Å². The lowest BCUT2D eigenvalue weighted by atomic mass is 9.96. The molecule has 1 unspecified atom stereocenters. The summed E-state index contributed by atoms with van der Waals surface area (Å²) in [5.41, 5.74) is 1.86. The summed E-state index contributed by atoms with van der Waals surface area (Å²) in [5, 5.41) is 2.12. The smallest absolute Gasteiger partial charge is 0.254 e. The topological polar surface area (TPSA) is 48.0 Å². The normalized spacial score (nSPS) is 15.9. The molecule has 0 bridgehead atoms. The highest BCUT2D eigenvalue weighted by Gasteiger charge is 2.32. The minimum Gasteiger partial charge on any atom is -0.490 e. The third-order valence-electron chi connectivity index (χ3n) is 4.90. The molecule has 1 aliphatic heterocycles. The van der Waals surface area contributed by atoms with Gasteiger partial charge >= 0.3 is 0 Å². The Kier molecular flexibility index (Phi) is 6.83. The van der Waals surface area contributed by atoms with Crippen LogP contribution in [0, 0.1) is 0 Å². The number of hydrogen-bond acceptors (Lipinski definition) is 5. The van der Waals surface area contributed by atoms with Crippen molar-refractivity contribution in [2.75, 3.05) is 26.4 Å². The van der Waals surface area contributed by atoms with E-state index in [0.717, 1.165) is 19.4 Å². The van der Waals surface area contributed by atoms with E-state index in [9.17, 15) is 4.79 Å². The maximum Gasteiger partial charge on any atom is 0.254 e. The highest BCUT2D eigenvalue weighted by Crippen LogP contribution is 2.41. The molecule has 1 aliphatic rings. The summed E-state index contributed by atoms with van der Waals surface area (Å²) >= 11 is 1.79. The zero-order valence-electron chi connectivity index (χ0n) is 17.1. The summed E-state index contributed by atoms with van der Waals surface area (Å²) in [6, 6.07) is 5.84. The number of rotatable bonds is 8. The molecule has 0 aliphatic carbocycles. The first-order valence-corrected chi connectivity index (χ1v) is 11.0. The van der Waals surface area contributed by atoms with Crippen LogP contribution in [0.1, 0.15) is 61.0 Å². The lowest BCUT2D eigenvalue weighted by molar-refractivity contribution is 0.0656. The summed E-state index contributed by atoms with van der Waals surface area (Å²) in [6.45, 7) is 10.1. The number of carbonyl (C=O) groups is 1. The van der Waals surface area contributed by atoms with E-state index in [1.54, 1.807) is 23.5 Å². The van der Waals surface area contributed by atoms with Gasteiger partial charge in [-0.25, -0.2) is 0 Å². The summed E-state index contributed by atoms with van der Waals surface area (Å²) in [7, 11) is 0. The Hall–Kier alpha value is -2.21. The van der Waals surface area contributed by atoms with Gasteiger partial charge in [-0.2, -0.15) is 0 Å². The first-order valence-electron chi connectivity index (χ1n) is 10.1. The Bertz CT molecular complexity index is 790. The molecule has 2 aromatic rings. The van der Waals surface area contributed by atoms with Gasteiger partial charge in [0.15, 0.2) is 11.5 Å². The van der Waals surface area contributed by atoms with Crippen molar-refractivity contribution in [2.45, 2.75) is 46.6 Å². The maximum atomic E-state index is 13.5. The molecule has 28 heavy (non-hydrogen) atoms. The number of benzene rings is 1. The monoisotopic (exact) mass is 403 g/mol. The van der Waals surface area contributed by atoms with Crippen LogP contribution in [0.3, 0.4) is 0 Å². The van der Waals surface area contributed by atoms with Crippen molar-refractivity contribution < 1.29 is 19.0 Å². The van der Waals surface area contributed by atoms with Crippen LogP contribution >= 0.6 is 11.3 Å². The van der Waals surface area contributed by atoms with Gasteiger partial charge < -0.3 is 19.1 Å². The molecular weight excluding hydrogens is 374 g/mol. The first kappa shape index (κ1) is 20.5. The van der Waals surface area contributed by atoms with E-state index >= 15 is 0 Å². The van der Waals surface area contributed by atoms with Crippen LogP contribution in [-0.4, -0.2) is 37.2 Å². The van der Waals surface area contributed by atoms with Gasteiger partial charge in [-0.1, -0.05) is 6.92 Å². The van der Waals surface area contributed by atoms with Crippen molar-refractivity contribution in [3.63, 3.8) is 0 Å². The summed E-state index contributed by atoms with van der Waals surface area (Å²) in [4.78, 5) is 16.8. The molecule has 0 spiro atoms. The maximum absolute atomic E-state index is 13.5. The molecule has 152 valence electrons. The molecule has 5 nitrogen and oxygen atoms in total. The zero-order chi connectivity index (χ0) is 20.1. The quantitative estimate of drug-likeness (QED) is 0.616. The SMILES string of the molecule is CCOc1cc(C(=O)N2CCc3sccc3C2CC)cc(OCC)c1OCC. The van der Waals surface area contributed by atoms with Gasteiger partial charge in [0.25, 0.3) is 5.91 Å². The Morgan fingerprint density at radius 3 is 2.29 bits per heavy atom. The molecule has 1 aromatic carbocycles. The van der Waals surface area contributed by atoms with Crippen LogP contribution in [-0.2, 0) is 6.42 Å². The molecule has 1 atom stereocenters. The largest absolute Gasteiger partial charge is 0.490 e. The van der Waals surface area contributed by atoms with E-state index in [2.05, 4.69) is 18.4 Å². The number of ether oxygens (including phenoxy) is 3. The number of fused-ring (bicyclic) bond motifs is 1. The van der Waals surface area contributed by atoms with E-state index in [-0.39, 0.29) is 11.9 Å². The second-order valence-corrected chi connectivity index (χ2v) is 7.57. The summed E-state index contributed by atoms with van der Waals surface area (Å²) in [6.07, 6.45) is 1.80. The Morgan fingerprint density at radius 1 is 1.07 bits per heavy atom. The Labute approximate surface area is 171 Å². The fourth-order valence-electron chi connectivity index (χ4n) is 3.76. The lowest BCUT2D eigenvalue weighted by Crippen LogP contribution is -2.39. The average Bonchev–Trinajstić information content (AvgIpc) is 3.18. The molecule has 0 saturated heterocycles. The van der Waals surface area contributed by atoms with E-state index in [1.807, 2.05) is 25.7 Å². The van der Waals surface area contributed by atoms with Crippen molar-refractivity contribution in [3.8, 4) is 17.2 Å². The molecule has 2 heterocycles. The van der Waals surface area contributed by atoms with Crippen LogP contribution in [0.5, 0.6) is 17.2 Å². The van der Waals surface area contributed by atoms with E-state index in [0.29, 0.717) is 42.6 Å². The van der Waals surface area contributed by atoms with Crippen molar-refractivity contribution in [1.82, 2.24) is 4.90 Å². The fourth-order valence-corrected chi connectivity index (χ4v) is 4.69. The highest BCUT2D eigenvalue weighted by molar-refractivity contribution is 7.10. The van der Waals surface area contributed by atoms with Crippen molar-refractivity contribution >= 4 is 17.2 Å². The molecule has 0 fully saturated rings. The van der Waals surface area contributed by atoms with Crippen LogP contribution in [0.25, 0.3) is 0 Å². The predicted octanol–water partition coefficient (Wildman–Crippen LogP) is 5.09. The van der Waals surface area contributed by atoms with E-state index in [4.69, 9.17) is 14.2 Å². The Balaban J connectivity index is 1.98. The molecule has 6 heteroatoms. The summed E-state index contributed by atoms with van der Waals surface area (Å²) in [5.74, 6) is 1.68. The first-order chi connectivity index (χ1) is 13.6. The van der Waals surface area contributed by atoms with Crippen LogP contribution in [0.15, 0.2) is 23.6 Å². The standard InChI is InChI=1S/C22H29NO4S/c1-5-17-16-10-12-28-20(16)9-11-23(17)22(24)15-13-18(25-6-2)21(27-8-4)19(14-15)26-7-3/h10,12-14,17H,5-9,11H2,1-4H3. The van der Waals surface area contributed by atoms with Gasteiger partial charge in [-0.05, 0) is 62.8 Å². The summed E-state index contributed by atoms with van der Waals surface area (Å²) < 4.78 is 17.3. The van der Waals surface area contributed by atoms with Crippen molar-refractivity contribution in [1.29, 1.82) is 0 Å². The second-order valence-electron chi connectivity index (χ2n) is 6.57. The Morgan fingerprint density at radius 2 is 1.71 bits per heavy atom. The number of thiophene rings is 1. The minimum atomic E-state index is 0.00801. The predicted molar refractivity (Wildman–Crippen MR) is 112 cm³/mol. The van der Waals surface area contributed by atoms with Crippen LogP contribution < -0.4 is 14.2 Å². The van der Waals surface area contributed by atoms with Crippen LogP contribution in [0.2, 0.25) is 0 Å². The molecule has 0 saturated carbocycles. The minimum absolute atomic E-state index is 0.00801. The number of carbonyl (C=O) groups excluding carboxylic acids is 1. The van der Waals surface area contributed by atoms with E-state index in [1.165, 1.54) is 10.4 Å². The van der Waals surface area contributed by atoms with Gasteiger partial charge in [-0.15, -0.1) is 11.3 Å². The van der Waals surface area contributed by atoms with Gasteiger partial charge in [0, 0.05) is 17.0 Å². The lowest BCUT2D eigenvalue weighted by Gasteiger charge is -2.35. The second kappa shape index (κ2) is 9.32. The molecule has 3 rings (SSSR count). The van der Waals surface area contributed by atoms with Crippen molar-refractivity contribution in [3.05, 3.63) is 39.6 Å². The number of amides is 1. The third kappa shape index (κ3) is 3.97. The van der Waals surface area contributed by atoms with Gasteiger partial charge in [0.2, 0.25) is 5.75 Å². The fraction of sp³-hybridized carbons (Fsp3) is 0.500. The number of hydrogen-bond donors (Lipinski definition) is 0. The molecule has 1 aromatic heterocycles. The van der Waals surface area contributed by atoms with E-state index < -0.39 is 0 Å². The molecular formula is C22H29NO4S. The highest BCUT2D eigenvalue weighted by atomic mass is 32.1. The number of nitrogens with zero attached hydrogens (tertiary/aromatic N) is 1. The average molecular weight is 404 g/mol. The molecule has 0 radical (unpaired) electrons. The zero-order valence-corrected chi connectivity index (χ0v) is 17.9. The third-order valence-corrected chi connectivity index (χ3v) is 5.90. The van der Waals surface area contributed by atoms with Gasteiger partial charge in [-0.3, -0.25) is 4.79 Å². The van der Waals surface area contributed by atoms with Gasteiger partial charge in [0.05, 0.1) is 25.9 Å². The van der Waals surface area contributed by atoms with Crippen molar-refractivity contribution in [2.24, 2.45) is 0 Å². The van der Waals surface area contributed by atoms with Gasteiger partial charge in [0.1, 0.15) is 0 Å². The molecule has 0 N–H and O–H groups in total.